The van der Waals surface area contributed by atoms with Gasteiger partial charge in [0, 0.05) is 41.5 Å². The first kappa shape index (κ1) is 23.1. The summed E-state index contributed by atoms with van der Waals surface area (Å²) in [6.45, 7) is 1.85. The van der Waals surface area contributed by atoms with Crippen LogP contribution in [0.25, 0.3) is 11.1 Å². The summed E-state index contributed by atoms with van der Waals surface area (Å²) < 4.78 is 5.46. The molecule has 7 heteroatoms. The molecule has 1 heterocycles. The van der Waals surface area contributed by atoms with Gasteiger partial charge in [-0.3, -0.25) is 14.5 Å². The number of nitrogens with one attached hydrogen (secondary N) is 2. The number of amides is 1. The highest BCUT2D eigenvalue weighted by atomic mass is 16.5. The fraction of sp³-hybridized carbons (Fsp3) is 0.286. The number of piperidine rings is 1. The first-order valence-electron chi connectivity index (χ1n) is 11.9. The lowest BCUT2D eigenvalue weighted by Crippen LogP contribution is -2.42. The van der Waals surface area contributed by atoms with Gasteiger partial charge in [-0.25, -0.2) is 0 Å². The van der Waals surface area contributed by atoms with Crippen LogP contribution in [0.3, 0.4) is 0 Å². The Balaban J connectivity index is 1.17. The molecule has 3 aromatic carbocycles. The van der Waals surface area contributed by atoms with E-state index >= 15 is 0 Å². The summed E-state index contributed by atoms with van der Waals surface area (Å²) in [5.41, 5.74) is 5.52. The zero-order valence-corrected chi connectivity index (χ0v) is 19.7. The van der Waals surface area contributed by atoms with Crippen LogP contribution >= 0.6 is 0 Å². The number of anilines is 2. The number of methoxy groups -OCH3 is 1. The molecule has 1 amide bonds. The second-order valence-electron chi connectivity index (χ2n) is 9.03. The average Bonchev–Trinajstić information content (AvgIpc) is 3.16. The van der Waals surface area contributed by atoms with Gasteiger partial charge in [-0.2, -0.15) is 0 Å². The lowest BCUT2D eigenvalue weighted by Gasteiger charge is -2.33. The van der Waals surface area contributed by atoms with E-state index in [1.807, 2.05) is 48.5 Å². The molecule has 1 saturated heterocycles. The Morgan fingerprint density at radius 2 is 1.74 bits per heavy atom. The van der Waals surface area contributed by atoms with E-state index in [-0.39, 0.29) is 24.3 Å². The Morgan fingerprint density at radius 3 is 2.49 bits per heavy atom. The predicted octanol–water partition coefficient (Wildman–Crippen LogP) is 3.91. The monoisotopic (exact) mass is 471 g/mol. The van der Waals surface area contributed by atoms with Gasteiger partial charge in [0.2, 0.25) is 5.91 Å². The summed E-state index contributed by atoms with van der Waals surface area (Å²) in [6, 6.07) is 18.9. The zero-order valence-electron chi connectivity index (χ0n) is 19.7. The number of carbonyl (C=O) groups excluding carboxylic acids is 2. The molecule has 0 radical (unpaired) electrons. The van der Waals surface area contributed by atoms with Crippen LogP contribution in [0.1, 0.15) is 34.3 Å². The molecule has 5 rings (SSSR count). The van der Waals surface area contributed by atoms with Gasteiger partial charge in [0.25, 0.3) is 0 Å². The fourth-order valence-corrected chi connectivity index (χ4v) is 4.99. The molecule has 0 aromatic heterocycles. The Morgan fingerprint density at radius 1 is 1.00 bits per heavy atom. The smallest absolute Gasteiger partial charge is 0.238 e. The van der Waals surface area contributed by atoms with Crippen LogP contribution in [0.5, 0.6) is 5.75 Å². The van der Waals surface area contributed by atoms with Gasteiger partial charge in [0.15, 0.2) is 5.78 Å². The number of nitrogens with zero attached hydrogens (tertiary/aromatic N) is 1. The van der Waals surface area contributed by atoms with Crippen LogP contribution in [-0.4, -0.2) is 54.5 Å². The number of benzene rings is 3. The van der Waals surface area contributed by atoms with E-state index in [0.717, 1.165) is 54.1 Å². The van der Waals surface area contributed by atoms with Gasteiger partial charge < -0.3 is 20.5 Å². The van der Waals surface area contributed by atoms with E-state index in [1.54, 1.807) is 19.2 Å². The first-order chi connectivity index (χ1) is 17.1. The SMILES string of the molecule is COc1cccc(CO)c1NC1CCN(CC(=O)Nc2ccc3c(c2)-c2ccccc2C3=O)CC1. The Labute approximate surface area is 204 Å². The summed E-state index contributed by atoms with van der Waals surface area (Å²) in [5, 5.41) is 16.2. The minimum atomic E-state index is -0.0683. The molecule has 0 saturated carbocycles. The number of para-hydroxylation sites is 1. The van der Waals surface area contributed by atoms with Gasteiger partial charge in [-0.1, -0.05) is 36.4 Å². The van der Waals surface area contributed by atoms with E-state index < -0.39 is 0 Å². The number of rotatable bonds is 7. The van der Waals surface area contributed by atoms with Crippen LogP contribution in [-0.2, 0) is 11.4 Å². The standard InChI is InChI=1S/C28H29N3O4/c1-35-25-8-4-5-18(17-32)27(25)30-19-11-13-31(14-12-19)16-26(33)29-20-9-10-23-24(15-20)21-6-2-3-7-22(21)28(23)34/h2-10,15,19,30,32H,11-14,16-17H2,1H3,(H,29,33). The van der Waals surface area contributed by atoms with E-state index in [0.29, 0.717) is 23.4 Å². The highest BCUT2D eigenvalue weighted by molar-refractivity contribution is 6.22. The summed E-state index contributed by atoms with van der Waals surface area (Å²) in [6.07, 6.45) is 1.77. The van der Waals surface area contributed by atoms with Crippen molar-refractivity contribution in [1.29, 1.82) is 0 Å². The number of hydrogen-bond acceptors (Lipinski definition) is 6. The second-order valence-corrected chi connectivity index (χ2v) is 9.03. The molecule has 2 aliphatic rings. The van der Waals surface area contributed by atoms with E-state index in [1.165, 1.54) is 0 Å². The maximum absolute atomic E-state index is 12.8. The van der Waals surface area contributed by atoms with Gasteiger partial charge in [-0.05, 0) is 48.2 Å². The Hall–Kier alpha value is -3.68. The Kier molecular flexibility index (Phi) is 6.53. The largest absolute Gasteiger partial charge is 0.495 e. The Bertz CT molecular complexity index is 1240. The molecule has 35 heavy (non-hydrogen) atoms. The van der Waals surface area contributed by atoms with E-state index in [9.17, 15) is 14.7 Å². The number of ketones is 1. The fourth-order valence-electron chi connectivity index (χ4n) is 4.99. The van der Waals surface area contributed by atoms with Crippen molar-refractivity contribution in [3.05, 3.63) is 77.4 Å². The summed E-state index contributed by atoms with van der Waals surface area (Å²) in [5.74, 6) is 0.683. The van der Waals surface area contributed by atoms with Crippen molar-refractivity contribution in [2.75, 3.05) is 37.4 Å². The third-order valence-corrected chi connectivity index (χ3v) is 6.82. The van der Waals surface area contributed by atoms with Crippen molar-refractivity contribution in [2.45, 2.75) is 25.5 Å². The average molecular weight is 472 g/mol. The van der Waals surface area contributed by atoms with Crippen molar-refractivity contribution in [2.24, 2.45) is 0 Å². The van der Waals surface area contributed by atoms with Crippen LogP contribution in [0.15, 0.2) is 60.7 Å². The maximum Gasteiger partial charge on any atom is 0.238 e. The van der Waals surface area contributed by atoms with Crippen LogP contribution in [0.4, 0.5) is 11.4 Å². The molecule has 1 aliphatic heterocycles. The summed E-state index contributed by atoms with van der Waals surface area (Å²) in [7, 11) is 1.63. The van der Waals surface area contributed by atoms with Gasteiger partial charge in [0.1, 0.15) is 5.75 Å². The number of aliphatic hydroxyl groups is 1. The zero-order chi connectivity index (χ0) is 24.4. The first-order valence-corrected chi connectivity index (χ1v) is 11.9. The molecule has 3 N–H and O–H groups in total. The lowest BCUT2D eigenvalue weighted by molar-refractivity contribution is -0.117. The van der Waals surface area contributed by atoms with Gasteiger partial charge in [-0.15, -0.1) is 0 Å². The third kappa shape index (κ3) is 4.65. The number of hydrogen-bond donors (Lipinski definition) is 3. The van der Waals surface area contributed by atoms with Gasteiger partial charge in [0.05, 0.1) is 25.9 Å². The number of carbonyl (C=O) groups is 2. The van der Waals surface area contributed by atoms with E-state index in [2.05, 4.69) is 15.5 Å². The van der Waals surface area contributed by atoms with Crippen molar-refractivity contribution >= 4 is 23.1 Å². The number of fused-ring (bicyclic) bond motifs is 3. The molecular weight excluding hydrogens is 442 g/mol. The number of likely N-dealkylation sites (tertiary alicyclic amines) is 1. The minimum absolute atomic E-state index is 0.0317. The molecule has 3 aromatic rings. The number of aliphatic hydroxyl groups excluding tert-OH is 1. The quantitative estimate of drug-likeness (QED) is 0.379. The maximum atomic E-state index is 12.8. The van der Waals surface area contributed by atoms with Crippen LogP contribution in [0, 0.1) is 0 Å². The summed E-state index contributed by atoms with van der Waals surface area (Å²) >= 11 is 0. The van der Waals surface area contributed by atoms with Crippen molar-refractivity contribution in [3.8, 4) is 16.9 Å². The second kappa shape index (κ2) is 9.90. The highest BCUT2D eigenvalue weighted by Gasteiger charge is 2.27. The van der Waals surface area contributed by atoms with Crippen LogP contribution < -0.4 is 15.4 Å². The summed E-state index contributed by atoms with van der Waals surface area (Å²) in [4.78, 5) is 27.5. The molecule has 0 atom stereocenters. The van der Waals surface area contributed by atoms with Gasteiger partial charge >= 0.3 is 0 Å². The normalized spacial score (nSPS) is 15.4. The highest BCUT2D eigenvalue weighted by Crippen LogP contribution is 2.38. The molecule has 180 valence electrons. The molecular formula is C28H29N3O4. The number of ether oxygens (including phenoxy) is 1. The molecule has 7 nitrogen and oxygen atoms in total. The van der Waals surface area contributed by atoms with E-state index in [4.69, 9.17) is 4.74 Å². The molecule has 0 spiro atoms. The molecule has 1 fully saturated rings. The third-order valence-electron chi connectivity index (χ3n) is 6.82. The van der Waals surface area contributed by atoms with Crippen molar-refractivity contribution < 1.29 is 19.4 Å². The minimum Gasteiger partial charge on any atom is -0.495 e. The molecule has 1 aliphatic carbocycles. The topological polar surface area (TPSA) is 90.9 Å². The molecule has 0 bridgehead atoms. The van der Waals surface area contributed by atoms with Crippen molar-refractivity contribution in [1.82, 2.24) is 4.90 Å². The predicted molar refractivity (Wildman–Crippen MR) is 136 cm³/mol. The van der Waals surface area contributed by atoms with Crippen LogP contribution in [0.2, 0.25) is 0 Å². The molecule has 0 unspecified atom stereocenters. The lowest BCUT2D eigenvalue weighted by atomic mass is 10.0. The van der Waals surface area contributed by atoms with Crippen molar-refractivity contribution in [3.63, 3.8) is 0 Å².